The van der Waals surface area contributed by atoms with Crippen LogP contribution in [0.15, 0.2) is 42.0 Å². The number of amides is 1. The molecule has 1 aliphatic rings. The Kier molecular flexibility index (Phi) is 7.89. The number of methoxy groups -OCH3 is 2. The third kappa shape index (κ3) is 5.11. The topological polar surface area (TPSA) is 79.3 Å². The molecule has 1 aliphatic heterocycles. The summed E-state index contributed by atoms with van der Waals surface area (Å²) in [7, 11) is 6.79. The van der Waals surface area contributed by atoms with Crippen molar-refractivity contribution in [2.75, 3.05) is 41.4 Å². The molecule has 1 saturated heterocycles. The van der Waals surface area contributed by atoms with Crippen molar-refractivity contribution in [2.45, 2.75) is 12.5 Å². The summed E-state index contributed by atoms with van der Waals surface area (Å²) in [5.41, 5.74) is 0.705. The van der Waals surface area contributed by atoms with Gasteiger partial charge in [-0.1, -0.05) is 35.3 Å². The number of hydrogen-bond donors (Lipinski definition) is 1. The minimum atomic E-state index is -0.815. The van der Waals surface area contributed by atoms with Crippen LogP contribution in [0.1, 0.15) is 23.6 Å². The average molecular weight is 493 g/mol. The molecule has 0 spiro atoms. The van der Waals surface area contributed by atoms with E-state index in [-0.39, 0.29) is 26.9 Å². The molecule has 1 N–H and O–H groups in total. The number of ether oxygens (including phenoxy) is 2. The predicted octanol–water partition coefficient (Wildman–Crippen LogP) is 4.38. The highest BCUT2D eigenvalue weighted by Crippen LogP contribution is 2.43. The first-order valence-corrected chi connectivity index (χ1v) is 11.1. The summed E-state index contributed by atoms with van der Waals surface area (Å²) < 4.78 is 10.7. The Hall–Kier alpha value is -2.74. The maximum Gasteiger partial charge on any atom is 0.295 e. The van der Waals surface area contributed by atoms with Crippen LogP contribution >= 0.6 is 23.2 Å². The van der Waals surface area contributed by atoms with Crippen molar-refractivity contribution in [3.05, 3.63) is 63.1 Å². The fourth-order valence-electron chi connectivity index (χ4n) is 3.91. The minimum absolute atomic E-state index is 0.0604. The van der Waals surface area contributed by atoms with Crippen molar-refractivity contribution in [3.63, 3.8) is 0 Å². The van der Waals surface area contributed by atoms with E-state index in [0.717, 1.165) is 6.54 Å². The lowest BCUT2D eigenvalue weighted by Crippen LogP contribution is -2.32. The van der Waals surface area contributed by atoms with Crippen molar-refractivity contribution in [1.29, 1.82) is 0 Å². The molecule has 0 aliphatic carbocycles. The van der Waals surface area contributed by atoms with Gasteiger partial charge in [0.15, 0.2) is 0 Å². The van der Waals surface area contributed by atoms with Gasteiger partial charge in [-0.25, -0.2) is 0 Å². The van der Waals surface area contributed by atoms with Gasteiger partial charge in [-0.2, -0.15) is 0 Å². The molecule has 3 rings (SSSR count). The van der Waals surface area contributed by atoms with Crippen molar-refractivity contribution >= 4 is 40.7 Å². The molecule has 0 aromatic heterocycles. The SMILES string of the molecule is COc1cccc(C2/C(=C(\O)c3cc(Cl)cc(Cl)c3OC)C(=O)C(=O)N2CCCN(C)C)c1. The van der Waals surface area contributed by atoms with Crippen LogP contribution in [-0.2, 0) is 9.59 Å². The van der Waals surface area contributed by atoms with Gasteiger partial charge in [0.2, 0.25) is 0 Å². The monoisotopic (exact) mass is 492 g/mol. The summed E-state index contributed by atoms with van der Waals surface area (Å²) in [5, 5.41) is 11.7. The number of ketones is 1. The zero-order valence-corrected chi connectivity index (χ0v) is 20.4. The number of rotatable bonds is 8. The van der Waals surface area contributed by atoms with Gasteiger partial charge in [0, 0.05) is 11.6 Å². The Bertz CT molecular complexity index is 1100. The molecule has 1 unspecified atom stereocenters. The van der Waals surface area contributed by atoms with E-state index >= 15 is 0 Å². The highest BCUT2D eigenvalue weighted by molar-refractivity contribution is 6.46. The first kappa shape index (κ1) is 24.9. The van der Waals surface area contributed by atoms with Crippen molar-refractivity contribution in [2.24, 2.45) is 0 Å². The molecule has 9 heteroatoms. The normalized spacial score (nSPS) is 17.7. The Morgan fingerprint density at radius 1 is 1.12 bits per heavy atom. The number of halogens is 2. The summed E-state index contributed by atoms with van der Waals surface area (Å²) in [6.07, 6.45) is 0.646. The number of Topliss-reactive ketones (excluding diaryl/α,β-unsaturated/α-hetero) is 1. The quantitative estimate of drug-likeness (QED) is 0.334. The van der Waals surface area contributed by atoms with E-state index in [4.69, 9.17) is 32.7 Å². The van der Waals surface area contributed by atoms with Crippen molar-refractivity contribution < 1.29 is 24.2 Å². The van der Waals surface area contributed by atoms with E-state index in [9.17, 15) is 14.7 Å². The van der Waals surface area contributed by atoms with Gasteiger partial charge >= 0.3 is 0 Å². The molecule has 1 amide bonds. The molecule has 33 heavy (non-hydrogen) atoms. The lowest BCUT2D eigenvalue weighted by molar-refractivity contribution is -0.139. The van der Waals surface area contributed by atoms with Crippen LogP contribution < -0.4 is 9.47 Å². The summed E-state index contributed by atoms with van der Waals surface area (Å²) >= 11 is 12.4. The van der Waals surface area contributed by atoms with Crippen LogP contribution in [-0.4, -0.2) is 68.0 Å². The molecule has 0 radical (unpaired) electrons. The number of benzene rings is 2. The lowest BCUT2D eigenvalue weighted by Gasteiger charge is -2.26. The third-order valence-corrected chi connectivity index (χ3v) is 5.92. The molecule has 0 bridgehead atoms. The van der Waals surface area contributed by atoms with E-state index in [1.54, 1.807) is 24.3 Å². The maximum atomic E-state index is 13.2. The molecule has 2 aromatic rings. The second-order valence-electron chi connectivity index (χ2n) is 7.89. The second-order valence-corrected chi connectivity index (χ2v) is 8.74. The minimum Gasteiger partial charge on any atom is -0.507 e. The fraction of sp³-hybridized carbons (Fsp3) is 0.333. The van der Waals surface area contributed by atoms with Crippen LogP contribution in [0.3, 0.4) is 0 Å². The van der Waals surface area contributed by atoms with Gasteiger partial charge in [0.25, 0.3) is 11.7 Å². The van der Waals surface area contributed by atoms with E-state index in [1.807, 2.05) is 19.0 Å². The number of carbonyl (C=O) groups excluding carboxylic acids is 2. The molecular weight excluding hydrogens is 467 g/mol. The molecular formula is C24H26Cl2N2O5. The van der Waals surface area contributed by atoms with E-state index < -0.39 is 23.5 Å². The molecule has 0 saturated carbocycles. The molecule has 2 aromatic carbocycles. The Labute approximate surface area is 203 Å². The lowest BCUT2D eigenvalue weighted by atomic mass is 9.94. The largest absolute Gasteiger partial charge is 0.507 e. The standard InChI is InChI=1S/C24H26Cl2N2O5/c1-27(2)9-6-10-28-20(14-7-5-8-16(11-14)32-3)19(22(30)24(28)31)21(29)17-12-15(25)13-18(26)23(17)33-4/h5,7-8,11-13,20,29H,6,9-10H2,1-4H3/b21-19+. The first-order chi connectivity index (χ1) is 15.7. The highest BCUT2D eigenvalue weighted by atomic mass is 35.5. The molecule has 1 atom stereocenters. The molecule has 176 valence electrons. The van der Waals surface area contributed by atoms with E-state index in [0.29, 0.717) is 24.3 Å². The molecule has 7 nitrogen and oxygen atoms in total. The van der Waals surface area contributed by atoms with E-state index in [2.05, 4.69) is 0 Å². The van der Waals surface area contributed by atoms with Gasteiger partial charge in [0.1, 0.15) is 17.3 Å². The number of hydrogen-bond acceptors (Lipinski definition) is 6. The highest BCUT2D eigenvalue weighted by Gasteiger charge is 2.46. The van der Waals surface area contributed by atoms with Gasteiger partial charge in [-0.15, -0.1) is 0 Å². The van der Waals surface area contributed by atoms with Gasteiger partial charge in [-0.05, 0) is 56.9 Å². The van der Waals surface area contributed by atoms with Crippen molar-refractivity contribution in [1.82, 2.24) is 9.80 Å². The fourth-order valence-corrected chi connectivity index (χ4v) is 4.49. The first-order valence-electron chi connectivity index (χ1n) is 10.3. The average Bonchev–Trinajstić information content (AvgIpc) is 3.03. The Morgan fingerprint density at radius 2 is 1.85 bits per heavy atom. The van der Waals surface area contributed by atoms with E-state index in [1.165, 1.54) is 31.3 Å². The summed E-state index contributed by atoms with van der Waals surface area (Å²) in [6, 6.07) is 9.16. The van der Waals surface area contributed by atoms with Crippen LogP contribution in [0.5, 0.6) is 11.5 Å². The smallest absolute Gasteiger partial charge is 0.295 e. The molecule has 1 heterocycles. The van der Waals surface area contributed by atoms with Gasteiger partial charge in [-0.3, -0.25) is 9.59 Å². The zero-order chi connectivity index (χ0) is 24.3. The van der Waals surface area contributed by atoms with Gasteiger partial charge < -0.3 is 24.4 Å². The number of likely N-dealkylation sites (tertiary alicyclic amines) is 1. The summed E-state index contributed by atoms with van der Waals surface area (Å²) in [5.74, 6) is -1.16. The summed E-state index contributed by atoms with van der Waals surface area (Å²) in [6.45, 7) is 1.06. The Morgan fingerprint density at radius 3 is 2.48 bits per heavy atom. The Balaban J connectivity index is 2.21. The maximum absolute atomic E-state index is 13.2. The number of aliphatic hydroxyl groups is 1. The van der Waals surface area contributed by atoms with Gasteiger partial charge in [0.05, 0.1) is 36.4 Å². The van der Waals surface area contributed by atoms with Crippen LogP contribution in [0, 0.1) is 0 Å². The molecule has 1 fully saturated rings. The van der Waals surface area contributed by atoms with Crippen LogP contribution in [0.2, 0.25) is 10.0 Å². The third-order valence-electron chi connectivity index (χ3n) is 5.42. The van der Waals surface area contributed by atoms with Crippen molar-refractivity contribution in [3.8, 4) is 11.5 Å². The van der Waals surface area contributed by atoms with Crippen LogP contribution in [0.4, 0.5) is 0 Å². The predicted molar refractivity (Wildman–Crippen MR) is 128 cm³/mol. The summed E-state index contributed by atoms with van der Waals surface area (Å²) in [4.78, 5) is 29.7. The number of aliphatic hydroxyl groups excluding tert-OH is 1. The number of nitrogens with zero attached hydrogens (tertiary/aromatic N) is 2. The zero-order valence-electron chi connectivity index (χ0n) is 18.9. The second kappa shape index (κ2) is 10.5. The van der Waals surface area contributed by atoms with Crippen LogP contribution in [0.25, 0.3) is 5.76 Å². The number of carbonyl (C=O) groups is 2.